The summed E-state index contributed by atoms with van der Waals surface area (Å²) < 4.78 is 34.9. The summed E-state index contributed by atoms with van der Waals surface area (Å²) in [7, 11) is -3.43. The number of fused-ring (bicyclic) bond motifs is 1. The Hall–Kier alpha value is -1.38. The molecule has 116 valence electrons. The first-order chi connectivity index (χ1) is 10.5. The van der Waals surface area contributed by atoms with Gasteiger partial charge in [-0.25, -0.2) is 8.42 Å². The molecule has 8 heteroatoms. The second-order valence-electron chi connectivity index (χ2n) is 5.48. The van der Waals surface area contributed by atoms with E-state index in [2.05, 4.69) is 21.0 Å². The summed E-state index contributed by atoms with van der Waals surface area (Å²) in [6, 6.07) is 5.20. The first kappa shape index (κ1) is 14.2. The van der Waals surface area contributed by atoms with Crippen molar-refractivity contribution in [2.24, 2.45) is 0 Å². The first-order valence-electron chi connectivity index (χ1n) is 6.99. The molecule has 2 aliphatic rings. The average molecular weight is 384 g/mol. The SMILES string of the molecule is O=S(=O)(c1ccc2c(c1)CCO2)N1CC(n2cc(Br)cn2)C1. The number of aromatic nitrogens is 2. The van der Waals surface area contributed by atoms with Gasteiger partial charge in [-0.05, 0) is 39.7 Å². The minimum absolute atomic E-state index is 0.0961. The molecule has 0 atom stereocenters. The Balaban J connectivity index is 1.53. The Kier molecular flexibility index (Phi) is 3.28. The van der Waals surface area contributed by atoms with Gasteiger partial charge in [0.25, 0.3) is 0 Å². The molecule has 0 radical (unpaired) electrons. The fourth-order valence-electron chi connectivity index (χ4n) is 2.77. The Morgan fingerprint density at radius 2 is 2.14 bits per heavy atom. The summed E-state index contributed by atoms with van der Waals surface area (Å²) in [6.07, 6.45) is 4.33. The lowest BCUT2D eigenvalue weighted by Gasteiger charge is -2.38. The lowest BCUT2D eigenvalue weighted by molar-refractivity contribution is 0.191. The monoisotopic (exact) mass is 383 g/mol. The molecule has 1 fully saturated rings. The van der Waals surface area contributed by atoms with Crippen LogP contribution in [0.25, 0.3) is 0 Å². The van der Waals surface area contributed by atoms with Crippen LogP contribution in [0, 0.1) is 0 Å². The normalized spacial score (nSPS) is 18.8. The molecular formula is C14H14BrN3O3S. The molecule has 0 N–H and O–H groups in total. The maximum atomic E-state index is 12.6. The van der Waals surface area contributed by atoms with Crippen molar-refractivity contribution in [1.29, 1.82) is 0 Å². The molecule has 2 aliphatic heterocycles. The van der Waals surface area contributed by atoms with Gasteiger partial charge in [-0.1, -0.05) is 0 Å². The standard InChI is InChI=1S/C14H14BrN3O3S/c15-11-6-16-18(7-11)12-8-17(9-12)22(19,20)13-1-2-14-10(5-13)3-4-21-14/h1-2,5-7,12H,3-4,8-9H2. The molecule has 2 aromatic rings. The molecule has 0 saturated carbocycles. The third kappa shape index (κ3) is 2.26. The number of nitrogens with zero attached hydrogens (tertiary/aromatic N) is 3. The van der Waals surface area contributed by atoms with Crippen LogP contribution in [0.2, 0.25) is 0 Å². The van der Waals surface area contributed by atoms with Crippen LogP contribution in [0.4, 0.5) is 0 Å². The third-order valence-electron chi connectivity index (χ3n) is 4.07. The van der Waals surface area contributed by atoms with Gasteiger partial charge in [0.1, 0.15) is 5.75 Å². The van der Waals surface area contributed by atoms with Gasteiger partial charge in [0.2, 0.25) is 10.0 Å². The van der Waals surface area contributed by atoms with Crippen LogP contribution in [0.3, 0.4) is 0 Å². The van der Waals surface area contributed by atoms with Crippen molar-refractivity contribution in [1.82, 2.24) is 14.1 Å². The number of hydrogen-bond acceptors (Lipinski definition) is 4. The van der Waals surface area contributed by atoms with E-state index in [9.17, 15) is 8.42 Å². The van der Waals surface area contributed by atoms with Gasteiger partial charge in [-0.15, -0.1) is 0 Å². The van der Waals surface area contributed by atoms with Crippen LogP contribution in [0.1, 0.15) is 11.6 Å². The number of rotatable bonds is 3. The van der Waals surface area contributed by atoms with E-state index in [0.29, 0.717) is 24.6 Å². The fraction of sp³-hybridized carbons (Fsp3) is 0.357. The molecular weight excluding hydrogens is 370 g/mol. The van der Waals surface area contributed by atoms with Crippen LogP contribution in [0.15, 0.2) is 40.0 Å². The molecule has 0 aliphatic carbocycles. The number of hydrogen-bond donors (Lipinski definition) is 0. The Bertz CT molecular complexity index is 828. The van der Waals surface area contributed by atoms with Crippen LogP contribution in [0.5, 0.6) is 5.75 Å². The number of ether oxygens (including phenoxy) is 1. The summed E-state index contributed by atoms with van der Waals surface area (Å²) in [6.45, 7) is 1.52. The number of benzene rings is 1. The first-order valence-corrected chi connectivity index (χ1v) is 9.23. The van der Waals surface area contributed by atoms with Gasteiger partial charge < -0.3 is 4.74 Å². The van der Waals surface area contributed by atoms with E-state index in [1.807, 2.05) is 6.20 Å². The molecule has 0 spiro atoms. The predicted octanol–water partition coefficient (Wildman–Crippen LogP) is 1.83. The van der Waals surface area contributed by atoms with Gasteiger partial charge >= 0.3 is 0 Å². The zero-order valence-corrected chi connectivity index (χ0v) is 14.0. The van der Waals surface area contributed by atoms with E-state index < -0.39 is 10.0 Å². The molecule has 22 heavy (non-hydrogen) atoms. The fourth-order valence-corrected chi connectivity index (χ4v) is 4.63. The van der Waals surface area contributed by atoms with Gasteiger partial charge in [-0.3, -0.25) is 4.68 Å². The van der Waals surface area contributed by atoms with Gasteiger partial charge in [0.15, 0.2) is 0 Å². The smallest absolute Gasteiger partial charge is 0.243 e. The average Bonchev–Trinajstić information content (AvgIpc) is 3.04. The number of halogens is 1. The van der Waals surface area contributed by atoms with Gasteiger partial charge in [0.05, 0.1) is 28.2 Å². The lowest BCUT2D eigenvalue weighted by Crippen LogP contribution is -2.50. The van der Waals surface area contributed by atoms with Crippen molar-refractivity contribution < 1.29 is 13.2 Å². The lowest BCUT2D eigenvalue weighted by atomic mass is 10.2. The van der Waals surface area contributed by atoms with E-state index >= 15 is 0 Å². The second-order valence-corrected chi connectivity index (χ2v) is 8.34. The molecule has 1 aromatic heterocycles. The van der Waals surface area contributed by atoms with Crippen LogP contribution < -0.4 is 4.74 Å². The van der Waals surface area contributed by atoms with Gasteiger partial charge in [0, 0.05) is 25.7 Å². The highest BCUT2D eigenvalue weighted by Crippen LogP contribution is 2.32. The highest BCUT2D eigenvalue weighted by molar-refractivity contribution is 9.10. The Morgan fingerprint density at radius 1 is 1.32 bits per heavy atom. The van der Waals surface area contributed by atoms with E-state index in [-0.39, 0.29) is 6.04 Å². The highest BCUT2D eigenvalue weighted by atomic mass is 79.9. The molecule has 4 rings (SSSR count). The minimum Gasteiger partial charge on any atom is -0.493 e. The Morgan fingerprint density at radius 3 is 2.86 bits per heavy atom. The van der Waals surface area contributed by atoms with Crippen molar-refractivity contribution in [3.63, 3.8) is 0 Å². The summed E-state index contributed by atoms with van der Waals surface area (Å²) in [5.74, 6) is 0.793. The van der Waals surface area contributed by atoms with E-state index in [4.69, 9.17) is 4.74 Å². The molecule has 6 nitrogen and oxygen atoms in total. The molecule has 1 aromatic carbocycles. The van der Waals surface area contributed by atoms with Crippen LogP contribution in [-0.4, -0.2) is 42.2 Å². The van der Waals surface area contributed by atoms with Crippen LogP contribution in [-0.2, 0) is 16.4 Å². The van der Waals surface area contributed by atoms with Crippen LogP contribution >= 0.6 is 15.9 Å². The molecule has 0 amide bonds. The third-order valence-corrected chi connectivity index (χ3v) is 6.31. The van der Waals surface area contributed by atoms with E-state index in [0.717, 1.165) is 22.2 Å². The quantitative estimate of drug-likeness (QED) is 0.810. The molecule has 0 unspecified atom stereocenters. The Labute approximate surface area is 136 Å². The molecule has 0 bridgehead atoms. The summed E-state index contributed by atoms with van der Waals surface area (Å²) in [5.41, 5.74) is 0.967. The van der Waals surface area contributed by atoms with E-state index in [1.54, 1.807) is 29.1 Å². The highest BCUT2D eigenvalue weighted by Gasteiger charge is 2.38. The zero-order valence-electron chi connectivity index (χ0n) is 11.6. The summed E-state index contributed by atoms with van der Waals surface area (Å²) in [5, 5.41) is 4.21. The molecule has 1 saturated heterocycles. The number of sulfonamides is 1. The topological polar surface area (TPSA) is 64.4 Å². The van der Waals surface area contributed by atoms with Gasteiger partial charge in [-0.2, -0.15) is 9.40 Å². The molecule has 3 heterocycles. The summed E-state index contributed by atoms with van der Waals surface area (Å²) in [4.78, 5) is 0.344. The van der Waals surface area contributed by atoms with Crippen molar-refractivity contribution in [2.75, 3.05) is 19.7 Å². The van der Waals surface area contributed by atoms with Crippen molar-refractivity contribution in [2.45, 2.75) is 17.4 Å². The van der Waals surface area contributed by atoms with Crippen molar-refractivity contribution >= 4 is 26.0 Å². The predicted molar refractivity (Wildman–Crippen MR) is 83.4 cm³/mol. The maximum Gasteiger partial charge on any atom is 0.243 e. The largest absolute Gasteiger partial charge is 0.493 e. The maximum absolute atomic E-state index is 12.6. The van der Waals surface area contributed by atoms with E-state index in [1.165, 1.54) is 4.31 Å². The summed E-state index contributed by atoms with van der Waals surface area (Å²) >= 11 is 3.35. The second kappa shape index (κ2) is 5.07. The zero-order chi connectivity index (χ0) is 15.3. The van der Waals surface area contributed by atoms with Crippen molar-refractivity contribution in [3.8, 4) is 5.75 Å². The minimum atomic E-state index is -3.43. The van der Waals surface area contributed by atoms with Crippen molar-refractivity contribution in [3.05, 3.63) is 40.6 Å².